The molecule has 3 rings (SSSR count). The van der Waals surface area contributed by atoms with Gasteiger partial charge in [0, 0.05) is 30.5 Å². The smallest absolute Gasteiger partial charge is 0.129 e. The van der Waals surface area contributed by atoms with Crippen molar-refractivity contribution in [2.24, 2.45) is 0 Å². The zero-order chi connectivity index (χ0) is 25.3. The summed E-state index contributed by atoms with van der Waals surface area (Å²) in [6, 6.07) is 15.4. The maximum absolute atomic E-state index is 5.88. The van der Waals surface area contributed by atoms with Gasteiger partial charge in [-0.1, -0.05) is 44.7 Å². The topological polar surface area (TPSA) is 21.3 Å². The maximum atomic E-state index is 5.88. The van der Waals surface area contributed by atoms with E-state index in [2.05, 4.69) is 87.6 Å². The molecule has 2 atom stereocenters. The van der Waals surface area contributed by atoms with Crippen LogP contribution in [0.25, 0.3) is 0 Å². The van der Waals surface area contributed by atoms with Crippen LogP contribution in [-0.2, 0) is 6.54 Å². The van der Waals surface area contributed by atoms with Crippen molar-refractivity contribution in [3.63, 3.8) is 0 Å². The fourth-order valence-electron chi connectivity index (χ4n) is 5.42. The largest absolute Gasteiger partial charge is 0.462 e. The lowest BCUT2D eigenvalue weighted by Gasteiger charge is -2.49. The van der Waals surface area contributed by atoms with Gasteiger partial charge in [0.15, 0.2) is 0 Å². The highest BCUT2D eigenvalue weighted by Gasteiger charge is 2.41. The number of benzene rings is 2. The van der Waals surface area contributed by atoms with E-state index in [9.17, 15) is 0 Å². The lowest BCUT2D eigenvalue weighted by Crippen LogP contribution is -2.59. The Hall–Kier alpha value is -2.96. The lowest BCUT2D eigenvalue weighted by atomic mass is 9.93. The number of terminal acetylenes is 1. The van der Waals surface area contributed by atoms with Crippen LogP contribution in [0.1, 0.15) is 68.6 Å². The number of allylic oxidation sites excluding steroid dienone is 1. The highest BCUT2D eigenvalue weighted by atomic mass is 16.5. The predicted molar refractivity (Wildman–Crippen MR) is 149 cm³/mol. The van der Waals surface area contributed by atoms with Gasteiger partial charge in [-0.05, 0) is 68.5 Å². The fraction of sp³-hybridized carbons (Fsp3) is 0.438. The number of quaternary nitrogens is 1. The summed E-state index contributed by atoms with van der Waals surface area (Å²) in [5, 5.41) is 3.76. The zero-order valence-electron chi connectivity index (χ0n) is 22.0. The third-order valence-electron chi connectivity index (χ3n) is 7.35. The number of nitrogens with one attached hydrogen (secondary N) is 1. The number of nitrogens with zero attached hydrogens (tertiary/aromatic N) is 1. The molecule has 0 aliphatic carbocycles. The molecule has 2 aromatic rings. The molecule has 35 heavy (non-hydrogen) atoms. The Balaban J connectivity index is 1.80. The van der Waals surface area contributed by atoms with Crippen molar-refractivity contribution in [3.8, 4) is 18.1 Å². The second kappa shape index (κ2) is 12.7. The molecule has 0 spiro atoms. The second-order valence-corrected chi connectivity index (χ2v) is 10.1. The normalized spacial score (nSPS) is 19.5. The fourth-order valence-corrected chi connectivity index (χ4v) is 5.42. The Morgan fingerprint density at radius 2 is 1.83 bits per heavy atom. The molecule has 1 aliphatic rings. The van der Waals surface area contributed by atoms with Crippen LogP contribution in [0.3, 0.4) is 0 Å². The van der Waals surface area contributed by atoms with Crippen molar-refractivity contribution >= 4 is 5.69 Å². The molecule has 3 heteroatoms. The summed E-state index contributed by atoms with van der Waals surface area (Å²) in [6.45, 7) is 18.6. The molecule has 3 nitrogen and oxygen atoms in total. The molecular weight excluding hydrogens is 428 g/mol. The van der Waals surface area contributed by atoms with E-state index in [4.69, 9.17) is 11.2 Å². The molecule has 1 N–H and O–H groups in total. The molecule has 1 fully saturated rings. The summed E-state index contributed by atoms with van der Waals surface area (Å²) >= 11 is 0. The van der Waals surface area contributed by atoms with Crippen molar-refractivity contribution in [1.82, 2.24) is 0 Å². The number of hydrogen-bond acceptors (Lipinski definition) is 2. The van der Waals surface area contributed by atoms with Gasteiger partial charge in [0.05, 0.1) is 24.5 Å². The standard InChI is InChI=1S/C32H43N2O/c1-7-9-16-27(5)35-30-20-18-29(19-21-30)24-34(22-10-8-2)23-12-11-17-31(34)28(6)33-32-25(3)14-13-15-26(32)4/h1,13-15,18-21,31,33H,5-6,8-12,16-17,22-24H2,2-4H3/q+1. The van der Waals surface area contributed by atoms with Crippen LogP contribution in [0.5, 0.6) is 5.75 Å². The summed E-state index contributed by atoms with van der Waals surface area (Å²) < 4.78 is 6.95. The van der Waals surface area contributed by atoms with Crippen LogP contribution < -0.4 is 10.1 Å². The van der Waals surface area contributed by atoms with Gasteiger partial charge in [0.25, 0.3) is 0 Å². The summed E-state index contributed by atoms with van der Waals surface area (Å²) in [4.78, 5) is 0. The number of para-hydroxylation sites is 1. The van der Waals surface area contributed by atoms with E-state index in [-0.39, 0.29) is 0 Å². The Labute approximate surface area is 213 Å². The molecule has 0 saturated carbocycles. The number of rotatable bonds is 12. The number of likely N-dealkylation sites (tertiary alicyclic amines) is 1. The average molecular weight is 472 g/mol. The second-order valence-electron chi connectivity index (χ2n) is 10.1. The summed E-state index contributed by atoms with van der Waals surface area (Å²) in [7, 11) is 0. The molecule has 2 aromatic carbocycles. The Kier molecular flexibility index (Phi) is 9.64. The first-order valence-electron chi connectivity index (χ1n) is 13.1. The molecule has 1 saturated heterocycles. The third-order valence-corrected chi connectivity index (χ3v) is 7.35. The number of unbranched alkanes of at least 4 members (excludes halogenated alkanes) is 1. The van der Waals surface area contributed by atoms with E-state index in [1.165, 1.54) is 67.6 Å². The van der Waals surface area contributed by atoms with Crippen molar-refractivity contribution in [2.75, 3.05) is 18.4 Å². The van der Waals surface area contributed by atoms with Crippen LogP contribution in [0.15, 0.2) is 67.1 Å². The molecular formula is C32H43N2O+. The first-order valence-corrected chi connectivity index (χ1v) is 13.1. The van der Waals surface area contributed by atoms with Crippen molar-refractivity contribution in [3.05, 3.63) is 83.8 Å². The van der Waals surface area contributed by atoms with Gasteiger partial charge in [-0.3, -0.25) is 0 Å². The van der Waals surface area contributed by atoms with E-state index in [0.717, 1.165) is 22.5 Å². The number of ether oxygens (including phenoxy) is 1. The van der Waals surface area contributed by atoms with Crippen LogP contribution >= 0.6 is 0 Å². The molecule has 0 amide bonds. The van der Waals surface area contributed by atoms with Gasteiger partial charge in [0.1, 0.15) is 18.3 Å². The van der Waals surface area contributed by atoms with E-state index < -0.39 is 0 Å². The minimum absolute atomic E-state index is 0.397. The molecule has 1 heterocycles. The van der Waals surface area contributed by atoms with E-state index in [1.54, 1.807) is 0 Å². The number of aryl methyl sites for hydroxylation is 2. The first kappa shape index (κ1) is 26.6. The van der Waals surface area contributed by atoms with Crippen molar-refractivity contribution < 1.29 is 9.22 Å². The van der Waals surface area contributed by atoms with E-state index >= 15 is 0 Å². The molecule has 0 bridgehead atoms. The lowest BCUT2D eigenvalue weighted by molar-refractivity contribution is -0.963. The Morgan fingerprint density at radius 1 is 1.11 bits per heavy atom. The summed E-state index contributed by atoms with van der Waals surface area (Å²) in [5.74, 6) is 4.18. The SMILES string of the molecule is C#CCCC(=C)Oc1ccc(C[N+]2(CCCC)CCCCC2C(=C)Nc2c(C)cccc2C)cc1. The van der Waals surface area contributed by atoms with Crippen LogP contribution in [0.2, 0.25) is 0 Å². The summed E-state index contributed by atoms with van der Waals surface area (Å²) in [5.41, 5.74) is 6.25. The third kappa shape index (κ3) is 7.03. The monoisotopic (exact) mass is 471 g/mol. The van der Waals surface area contributed by atoms with Gasteiger partial charge in [-0.15, -0.1) is 12.3 Å². The van der Waals surface area contributed by atoms with Crippen LogP contribution in [0, 0.1) is 26.2 Å². The van der Waals surface area contributed by atoms with Crippen LogP contribution in [0.4, 0.5) is 5.69 Å². The van der Waals surface area contributed by atoms with Crippen LogP contribution in [-0.4, -0.2) is 23.6 Å². The number of hydrogen-bond donors (Lipinski definition) is 1. The van der Waals surface area contributed by atoms with Gasteiger partial charge >= 0.3 is 0 Å². The first-order chi connectivity index (χ1) is 16.9. The molecule has 2 unspecified atom stereocenters. The van der Waals surface area contributed by atoms with Crippen molar-refractivity contribution in [2.45, 2.75) is 78.3 Å². The minimum Gasteiger partial charge on any atom is -0.462 e. The molecule has 0 aromatic heterocycles. The highest BCUT2D eigenvalue weighted by molar-refractivity contribution is 5.59. The van der Waals surface area contributed by atoms with Gasteiger partial charge in [-0.25, -0.2) is 0 Å². The Bertz CT molecular complexity index is 1030. The summed E-state index contributed by atoms with van der Waals surface area (Å²) in [6.07, 6.45) is 12.8. The molecule has 186 valence electrons. The molecule has 0 radical (unpaired) electrons. The van der Waals surface area contributed by atoms with E-state index in [1.807, 2.05) is 0 Å². The number of piperidine rings is 1. The predicted octanol–water partition coefficient (Wildman–Crippen LogP) is 7.90. The van der Waals surface area contributed by atoms with Gasteiger partial charge < -0.3 is 14.5 Å². The van der Waals surface area contributed by atoms with Gasteiger partial charge in [0.2, 0.25) is 0 Å². The van der Waals surface area contributed by atoms with Gasteiger partial charge in [-0.2, -0.15) is 0 Å². The maximum Gasteiger partial charge on any atom is 0.129 e. The highest BCUT2D eigenvalue weighted by Crippen LogP contribution is 2.35. The zero-order valence-corrected chi connectivity index (χ0v) is 22.0. The molecule has 1 aliphatic heterocycles. The quantitative estimate of drug-likeness (QED) is 0.193. The minimum atomic E-state index is 0.397. The van der Waals surface area contributed by atoms with Crippen molar-refractivity contribution in [1.29, 1.82) is 0 Å². The van der Waals surface area contributed by atoms with E-state index in [0.29, 0.717) is 24.6 Å². The average Bonchev–Trinajstić information content (AvgIpc) is 2.85. The number of anilines is 1. The Morgan fingerprint density at radius 3 is 2.49 bits per heavy atom.